The van der Waals surface area contributed by atoms with Crippen LogP contribution in [0.3, 0.4) is 0 Å². The summed E-state index contributed by atoms with van der Waals surface area (Å²) >= 11 is 5.08. The molecule has 0 amide bonds. The molecule has 3 heterocycles. The minimum absolute atomic E-state index is 0.0961. The number of nitro groups is 1. The van der Waals surface area contributed by atoms with Gasteiger partial charge in [-0.25, -0.2) is 4.68 Å². The highest BCUT2D eigenvalue weighted by Gasteiger charge is 2.35. The van der Waals surface area contributed by atoms with Crippen LogP contribution in [-0.2, 0) is 0 Å². The van der Waals surface area contributed by atoms with Crippen molar-refractivity contribution in [3.8, 4) is 0 Å². The summed E-state index contributed by atoms with van der Waals surface area (Å²) in [5, 5.41) is 18.9. The predicted octanol–water partition coefficient (Wildman–Crippen LogP) is 1.25. The van der Waals surface area contributed by atoms with Gasteiger partial charge < -0.3 is 10.2 Å². The molecule has 0 unspecified atom stereocenters. The number of nitrogens with one attached hydrogen (secondary N) is 1. The van der Waals surface area contributed by atoms with E-state index in [0.29, 0.717) is 10.4 Å². The van der Waals surface area contributed by atoms with Crippen molar-refractivity contribution in [3.63, 3.8) is 0 Å². The van der Waals surface area contributed by atoms with Crippen molar-refractivity contribution < 1.29 is 4.92 Å². The number of anilines is 1. The van der Waals surface area contributed by atoms with E-state index >= 15 is 0 Å². The highest BCUT2D eigenvalue weighted by molar-refractivity contribution is 9.10. The van der Waals surface area contributed by atoms with Gasteiger partial charge in [-0.1, -0.05) is 0 Å². The maximum Gasteiger partial charge on any atom is 0.345 e. The summed E-state index contributed by atoms with van der Waals surface area (Å²) in [7, 11) is 0. The van der Waals surface area contributed by atoms with Crippen LogP contribution in [-0.4, -0.2) is 52.4 Å². The molecule has 2 aliphatic heterocycles. The first-order valence-electron chi connectivity index (χ1n) is 6.14. The zero-order valence-electron chi connectivity index (χ0n) is 10.2. The predicted molar refractivity (Wildman–Crippen MR) is 78.0 cm³/mol. The highest BCUT2D eigenvalue weighted by Crippen LogP contribution is 2.41. The fourth-order valence-electron chi connectivity index (χ4n) is 2.34. The van der Waals surface area contributed by atoms with Crippen LogP contribution in [0.2, 0.25) is 0 Å². The topological polar surface area (TPSA) is 76.2 Å². The Hall–Kier alpha value is -0.800. The Morgan fingerprint density at radius 1 is 1.42 bits per heavy atom. The maximum atomic E-state index is 11.3. The summed E-state index contributed by atoms with van der Waals surface area (Å²) in [4.78, 5) is 13.0. The molecule has 1 aromatic heterocycles. The standard InChI is InChI=1S/C10H14BrN5O2S/c11-9-8(16(17)18)10(14-3-1-12-2-4-14)15(13-9)7-5-19-6-7/h7,12H,1-6H2. The summed E-state index contributed by atoms with van der Waals surface area (Å²) in [5.41, 5.74) is 0.0961. The van der Waals surface area contributed by atoms with E-state index < -0.39 is 0 Å². The third-order valence-corrected chi connectivity index (χ3v) is 5.16. The minimum Gasteiger partial charge on any atom is -0.348 e. The minimum atomic E-state index is -0.337. The smallest absolute Gasteiger partial charge is 0.345 e. The number of aromatic nitrogens is 2. The molecule has 1 aromatic rings. The van der Waals surface area contributed by atoms with E-state index in [1.54, 1.807) is 0 Å². The number of halogens is 1. The Balaban J connectivity index is 2.03. The molecule has 0 spiro atoms. The van der Waals surface area contributed by atoms with Crippen LogP contribution in [0.4, 0.5) is 11.5 Å². The van der Waals surface area contributed by atoms with Crippen molar-refractivity contribution in [2.75, 3.05) is 42.6 Å². The second-order valence-corrected chi connectivity index (χ2v) is 6.42. The first-order valence-corrected chi connectivity index (χ1v) is 8.09. The van der Waals surface area contributed by atoms with Crippen molar-refractivity contribution in [1.82, 2.24) is 15.1 Å². The Labute approximate surface area is 123 Å². The van der Waals surface area contributed by atoms with E-state index in [1.165, 1.54) is 0 Å². The molecule has 0 aromatic carbocycles. The molecule has 2 aliphatic rings. The average molecular weight is 348 g/mol. The van der Waals surface area contributed by atoms with E-state index in [2.05, 4.69) is 31.2 Å². The van der Waals surface area contributed by atoms with Crippen LogP contribution < -0.4 is 10.2 Å². The molecule has 0 radical (unpaired) electrons. The zero-order valence-corrected chi connectivity index (χ0v) is 12.6. The maximum absolute atomic E-state index is 11.3. The number of nitrogens with zero attached hydrogens (tertiary/aromatic N) is 4. The highest BCUT2D eigenvalue weighted by atomic mass is 79.9. The molecule has 0 aliphatic carbocycles. The fourth-order valence-corrected chi connectivity index (χ4v) is 3.56. The monoisotopic (exact) mass is 347 g/mol. The lowest BCUT2D eigenvalue weighted by molar-refractivity contribution is -0.385. The van der Waals surface area contributed by atoms with Crippen LogP contribution in [0.1, 0.15) is 6.04 Å². The van der Waals surface area contributed by atoms with Gasteiger partial charge in [0.15, 0.2) is 0 Å². The largest absolute Gasteiger partial charge is 0.348 e. The number of rotatable bonds is 3. The second kappa shape index (κ2) is 5.29. The lowest BCUT2D eigenvalue weighted by Gasteiger charge is -2.33. The van der Waals surface area contributed by atoms with Crippen molar-refractivity contribution in [1.29, 1.82) is 0 Å². The third kappa shape index (κ3) is 2.34. The SMILES string of the molecule is O=[N+]([O-])c1c(Br)nn(C2CSC2)c1N1CCNCC1. The second-order valence-electron chi connectivity index (χ2n) is 4.59. The molecular weight excluding hydrogens is 334 g/mol. The summed E-state index contributed by atoms with van der Waals surface area (Å²) in [6.07, 6.45) is 0. The van der Waals surface area contributed by atoms with Gasteiger partial charge in [0.1, 0.15) is 0 Å². The molecule has 7 nitrogen and oxygen atoms in total. The molecule has 9 heteroatoms. The summed E-state index contributed by atoms with van der Waals surface area (Å²) in [5.74, 6) is 2.61. The molecule has 1 N–H and O–H groups in total. The van der Waals surface area contributed by atoms with E-state index in [4.69, 9.17) is 0 Å². The Morgan fingerprint density at radius 2 is 2.11 bits per heavy atom. The van der Waals surface area contributed by atoms with Crippen LogP contribution >= 0.6 is 27.7 Å². The van der Waals surface area contributed by atoms with Crippen LogP contribution in [0.15, 0.2) is 4.60 Å². The van der Waals surface area contributed by atoms with Crippen LogP contribution in [0.25, 0.3) is 0 Å². The van der Waals surface area contributed by atoms with E-state index in [9.17, 15) is 10.1 Å². The summed E-state index contributed by atoms with van der Waals surface area (Å²) in [6, 6.07) is 0.278. The average Bonchev–Trinajstić information content (AvgIpc) is 2.65. The molecule has 0 bridgehead atoms. The molecule has 19 heavy (non-hydrogen) atoms. The first-order chi connectivity index (χ1) is 9.18. The van der Waals surface area contributed by atoms with Crippen molar-refractivity contribution in [2.24, 2.45) is 0 Å². The summed E-state index contributed by atoms with van der Waals surface area (Å²) in [6.45, 7) is 3.25. The van der Waals surface area contributed by atoms with Gasteiger partial charge in [-0.3, -0.25) is 10.1 Å². The van der Waals surface area contributed by atoms with Gasteiger partial charge in [-0.15, -0.1) is 0 Å². The van der Waals surface area contributed by atoms with E-state index in [1.807, 2.05) is 16.4 Å². The molecule has 2 saturated heterocycles. The lowest BCUT2D eigenvalue weighted by atomic mass is 10.3. The quantitative estimate of drug-likeness (QED) is 0.655. The Bertz CT molecular complexity index is 498. The van der Waals surface area contributed by atoms with Gasteiger partial charge in [0, 0.05) is 37.7 Å². The molecule has 0 atom stereocenters. The fraction of sp³-hybridized carbons (Fsp3) is 0.700. The van der Waals surface area contributed by atoms with Crippen molar-refractivity contribution >= 4 is 39.2 Å². The van der Waals surface area contributed by atoms with Gasteiger partial charge in [0.05, 0.1) is 11.0 Å². The Morgan fingerprint density at radius 3 is 2.63 bits per heavy atom. The van der Waals surface area contributed by atoms with Crippen LogP contribution in [0.5, 0.6) is 0 Å². The van der Waals surface area contributed by atoms with E-state index in [-0.39, 0.29) is 16.7 Å². The molecule has 0 saturated carbocycles. The van der Waals surface area contributed by atoms with Crippen molar-refractivity contribution in [3.05, 3.63) is 14.7 Å². The Kier molecular flexibility index (Phi) is 3.68. The number of thioether (sulfide) groups is 1. The zero-order chi connectivity index (χ0) is 13.4. The van der Waals surface area contributed by atoms with Crippen molar-refractivity contribution in [2.45, 2.75) is 6.04 Å². The third-order valence-electron chi connectivity index (χ3n) is 3.39. The molecule has 2 fully saturated rings. The summed E-state index contributed by atoms with van der Waals surface area (Å²) < 4.78 is 2.17. The number of hydrogen-bond acceptors (Lipinski definition) is 6. The number of piperazine rings is 1. The first kappa shape index (κ1) is 13.2. The normalized spacial score (nSPS) is 20.4. The van der Waals surface area contributed by atoms with Gasteiger partial charge in [-0.2, -0.15) is 16.9 Å². The molecule has 104 valence electrons. The van der Waals surface area contributed by atoms with Crippen LogP contribution in [0, 0.1) is 10.1 Å². The van der Waals surface area contributed by atoms with Gasteiger partial charge in [0.25, 0.3) is 0 Å². The molecular formula is C10H14BrN5O2S. The number of hydrogen-bond donors (Lipinski definition) is 1. The molecule has 3 rings (SSSR count). The van der Waals surface area contributed by atoms with Gasteiger partial charge in [0.2, 0.25) is 10.4 Å². The lowest BCUT2D eigenvalue weighted by Crippen LogP contribution is -2.45. The van der Waals surface area contributed by atoms with Gasteiger partial charge in [-0.05, 0) is 15.9 Å². The van der Waals surface area contributed by atoms with Gasteiger partial charge >= 0.3 is 5.69 Å². The van der Waals surface area contributed by atoms with E-state index in [0.717, 1.165) is 37.7 Å².